The topological polar surface area (TPSA) is 0 Å². The first-order chi connectivity index (χ1) is 8.01. The van der Waals surface area contributed by atoms with E-state index in [1.807, 2.05) is 0 Å². The average Bonchev–Trinajstić information content (AvgIpc) is 2.26. The van der Waals surface area contributed by atoms with Crippen molar-refractivity contribution < 1.29 is 0 Å². The van der Waals surface area contributed by atoms with Gasteiger partial charge in [-0.1, -0.05) is 66.4 Å². The van der Waals surface area contributed by atoms with E-state index >= 15 is 0 Å². The molecule has 0 amide bonds. The number of allylic oxidation sites excluding steroid dienone is 1. The van der Waals surface area contributed by atoms with E-state index < -0.39 is 0 Å². The summed E-state index contributed by atoms with van der Waals surface area (Å²) in [7, 11) is 0. The van der Waals surface area contributed by atoms with Gasteiger partial charge in [0.2, 0.25) is 0 Å². The summed E-state index contributed by atoms with van der Waals surface area (Å²) in [5.41, 5.74) is 0. The summed E-state index contributed by atoms with van der Waals surface area (Å²) in [6.07, 6.45) is 10.1. The van der Waals surface area contributed by atoms with Crippen LogP contribution in [0, 0.1) is 23.7 Å². The molecular weight excluding hydrogens is 204 g/mol. The van der Waals surface area contributed by atoms with Gasteiger partial charge in [0, 0.05) is 0 Å². The van der Waals surface area contributed by atoms with E-state index in [9.17, 15) is 0 Å². The molecule has 0 heterocycles. The van der Waals surface area contributed by atoms with Gasteiger partial charge < -0.3 is 0 Å². The third-order valence-corrected chi connectivity index (χ3v) is 4.21. The standard InChI is InChI=1S/C17H34/c1-7-9-14(3)11-12-16(5)17(6)13-15(4)10-8-2/h8,14-17H,2,7,9-13H2,1,3-6H3. The highest BCUT2D eigenvalue weighted by molar-refractivity contribution is 4.74. The molecule has 0 aliphatic carbocycles. The summed E-state index contributed by atoms with van der Waals surface area (Å²) < 4.78 is 0. The smallest absolute Gasteiger partial charge is 0.0327 e. The Morgan fingerprint density at radius 2 is 1.53 bits per heavy atom. The number of hydrogen-bond donors (Lipinski definition) is 0. The van der Waals surface area contributed by atoms with E-state index in [2.05, 4.69) is 47.3 Å². The highest BCUT2D eigenvalue weighted by atomic mass is 14.2. The fraction of sp³-hybridized carbons (Fsp3) is 0.882. The Bertz CT molecular complexity index is 182. The van der Waals surface area contributed by atoms with Crippen molar-refractivity contribution in [2.24, 2.45) is 23.7 Å². The minimum Gasteiger partial charge on any atom is -0.103 e. The minimum absolute atomic E-state index is 0.804. The SMILES string of the molecule is C=CCC(C)CC(C)C(C)CCC(C)CCC. The van der Waals surface area contributed by atoms with Crippen LogP contribution >= 0.6 is 0 Å². The molecule has 0 saturated carbocycles. The van der Waals surface area contributed by atoms with Crippen molar-refractivity contribution in [1.29, 1.82) is 0 Å². The first-order valence-corrected chi connectivity index (χ1v) is 7.62. The molecule has 0 N–H and O–H groups in total. The Kier molecular flexibility index (Phi) is 9.59. The molecule has 4 atom stereocenters. The highest BCUT2D eigenvalue weighted by Crippen LogP contribution is 2.27. The van der Waals surface area contributed by atoms with Crippen LogP contribution in [0.1, 0.15) is 73.1 Å². The lowest BCUT2D eigenvalue weighted by atomic mass is 9.82. The molecule has 0 radical (unpaired) electrons. The minimum atomic E-state index is 0.804. The summed E-state index contributed by atoms with van der Waals surface area (Å²) >= 11 is 0. The van der Waals surface area contributed by atoms with Crippen LogP contribution in [0.4, 0.5) is 0 Å². The predicted molar refractivity (Wildman–Crippen MR) is 80.2 cm³/mol. The fourth-order valence-corrected chi connectivity index (χ4v) is 2.72. The maximum absolute atomic E-state index is 3.83. The van der Waals surface area contributed by atoms with Crippen molar-refractivity contribution >= 4 is 0 Å². The Balaban J connectivity index is 3.80. The van der Waals surface area contributed by atoms with Crippen LogP contribution in [0.2, 0.25) is 0 Å². The van der Waals surface area contributed by atoms with Gasteiger partial charge in [0.15, 0.2) is 0 Å². The normalized spacial score (nSPS) is 18.4. The summed E-state index contributed by atoms with van der Waals surface area (Å²) in [6, 6.07) is 0. The van der Waals surface area contributed by atoms with Gasteiger partial charge in [0.05, 0.1) is 0 Å². The fourth-order valence-electron chi connectivity index (χ4n) is 2.72. The van der Waals surface area contributed by atoms with Crippen molar-refractivity contribution in [1.82, 2.24) is 0 Å². The summed E-state index contributed by atoms with van der Waals surface area (Å²) in [5.74, 6) is 3.46. The van der Waals surface area contributed by atoms with E-state index in [0.717, 1.165) is 23.7 Å². The zero-order valence-electron chi connectivity index (χ0n) is 12.8. The van der Waals surface area contributed by atoms with Crippen molar-refractivity contribution in [3.8, 4) is 0 Å². The second-order valence-corrected chi connectivity index (χ2v) is 6.29. The van der Waals surface area contributed by atoms with E-state index in [1.165, 1.54) is 38.5 Å². The molecule has 0 heteroatoms. The lowest BCUT2D eigenvalue weighted by Crippen LogP contribution is -2.13. The third kappa shape index (κ3) is 8.46. The van der Waals surface area contributed by atoms with Gasteiger partial charge in [-0.05, 0) is 36.5 Å². The molecule has 0 bridgehead atoms. The van der Waals surface area contributed by atoms with Crippen molar-refractivity contribution in [2.75, 3.05) is 0 Å². The first-order valence-electron chi connectivity index (χ1n) is 7.62. The lowest BCUT2D eigenvalue weighted by molar-refractivity contribution is 0.280. The largest absolute Gasteiger partial charge is 0.103 e. The average molecular weight is 238 g/mol. The maximum Gasteiger partial charge on any atom is -0.0327 e. The van der Waals surface area contributed by atoms with E-state index in [4.69, 9.17) is 0 Å². The number of rotatable bonds is 10. The van der Waals surface area contributed by atoms with E-state index in [0.29, 0.717) is 0 Å². The van der Waals surface area contributed by atoms with Gasteiger partial charge in [0.25, 0.3) is 0 Å². The first kappa shape index (κ1) is 16.7. The Morgan fingerprint density at radius 3 is 2.06 bits per heavy atom. The van der Waals surface area contributed by atoms with Gasteiger partial charge in [0.1, 0.15) is 0 Å². The molecule has 0 aromatic heterocycles. The van der Waals surface area contributed by atoms with Crippen LogP contribution in [0.5, 0.6) is 0 Å². The second-order valence-electron chi connectivity index (χ2n) is 6.29. The van der Waals surface area contributed by atoms with Crippen molar-refractivity contribution in [3.63, 3.8) is 0 Å². The molecular formula is C17H34. The molecule has 0 rings (SSSR count). The van der Waals surface area contributed by atoms with Crippen molar-refractivity contribution in [2.45, 2.75) is 73.1 Å². The molecule has 0 fully saturated rings. The van der Waals surface area contributed by atoms with Crippen molar-refractivity contribution in [3.05, 3.63) is 12.7 Å². The van der Waals surface area contributed by atoms with Crippen LogP contribution < -0.4 is 0 Å². The Labute approximate surface area is 110 Å². The second kappa shape index (κ2) is 9.74. The zero-order chi connectivity index (χ0) is 13.3. The number of hydrogen-bond acceptors (Lipinski definition) is 0. The highest BCUT2D eigenvalue weighted by Gasteiger charge is 2.15. The summed E-state index contributed by atoms with van der Waals surface area (Å²) in [6.45, 7) is 15.7. The third-order valence-electron chi connectivity index (χ3n) is 4.21. The molecule has 4 unspecified atom stereocenters. The lowest BCUT2D eigenvalue weighted by Gasteiger charge is -2.24. The van der Waals surface area contributed by atoms with E-state index in [1.54, 1.807) is 0 Å². The van der Waals surface area contributed by atoms with Crippen LogP contribution in [0.3, 0.4) is 0 Å². The molecule has 0 saturated heterocycles. The van der Waals surface area contributed by atoms with Gasteiger partial charge in [-0.3, -0.25) is 0 Å². The zero-order valence-corrected chi connectivity index (χ0v) is 12.8. The summed E-state index contributed by atoms with van der Waals surface area (Å²) in [4.78, 5) is 0. The molecule has 17 heavy (non-hydrogen) atoms. The van der Waals surface area contributed by atoms with Gasteiger partial charge >= 0.3 is 0 Å². The van der Waals surface area contributed by atoms with Crippen LogP contribution in [-0.4, -0.2) is 0 Å². The summed E-state index contributed by atoms with van der Waals surface area (Å²) in [5, 5.41) is 0. The molecule has 0 aromatic carbocycles. The maximum atomic E-state index is 3.83. The molecule has 0 spiro atoms. The quantitative estimate of drug-likeness (QED) is 0.405. The Hall–Kier alpha value is -0.260. The Morgan fingerprint density at radius 1 is 0.882 bits per heavy atom. The van der Waals surface area contributed by atoms with Gasteiger partial charge in [-0.2, -0.15) is 0 Å². The van der Waals surface area contributed by atoms with Crippen LogP contribution in [-0.2, 0) is 0 Å². The van der Waals surface area contributed by atoms with Crippen LogP contribution in [0.25, 0.3) is 0 Å². The molecule has 0 aliphatic rings. The van der Waals surface area contributed by atoms with Crippen LogP contribution in [0.15, 0.2) is 12.7 Å². The molecule has 0 aliphatic heterocycles. The van der Waals surface area contributed by atoms with Gasteiger partial charge in [-0.25, -0.2) is 0 Å². The molecule has 0 aromatic rings. The molecule has 0 nitrogen and oxygen atoms in total. The van der Waals surface area contributed by atoms with E-state index in [-0.39, 0.29) is 0 Å². The molecule has 102 valence electrons. The van der Waals surface area contributed by atoms with Gasteiger partial charge in [-0.15, -0.1) is 6.58 Å². The monoisotopic (exact) mass is 238 g/mol. The predicted octanol–water partition coefficient (Wildman–Crippen LogP) is 6.08.